The van der Waals surface area contributed by atoms with E-state index in [0.717, 1.165) is 32.2 Å². The predicted molar refractivity (Wildman–Crippen MR) is 116 cm³/mol. The number of thiophene rings is 1. The quantitative estimate of drug-likeness (QED) is 0.385. The van der Waals surface area contributed by atoms with E-state index < -0.39 is 0 Å². The Morgan fingerprint density at radius 1 is 1.11 bits per heavy atom. The molecule has 0 aliphatic rings. The Morgan fingerprint density at radius 3 is 2.67 bits per heavy atom. The van der Waals surface area contributed by atoms with Gasteiger partial charge in [0.1, 0.15) is 5.75 Å². The number of phenolic OH excluding ortho intramolecular Hbond substituents is 1. The summed E-state index contributed by atoms with van der Waals surface area (Å²) in [6.07, 6.45) is 0. The molecular weight excluding hydrogens is 420 g/mol. The smallest absolute Gasteiger partial charge is 0.117 e. The van der Waals surface area contributed by atoms with E-state index in [-0.39, 0.29) is 11.8 Å². The zero-order chi connectivity index (χ0) is 18.8. The molecule has 3 nitrogen and oxygen atoms in total. The lowest BCUT2D eigenvalue weighted by molar-refractivity contribution is 0.476. The first-order valence-electron chi connectivity index (χ1n) is 8.74. The number of fused-ring (bicyclic) bond motifs is 1. The fourth-order valence-electron chi connectivity index (χ4n) is 3.12. The molecule has 0 aliphatic carbocycles. The number of aromatic nitrogens is 1. The van der Waals surface area contributed by atoms with Crippen LogP contribution in [0.5, 0.6) is 5.75 Å². The Balaban J connectivity index is 1.66. The molecule has 2 aromatic heterocycles. The number of nitrogens with one attached hydrogen (secondary N) is 1. The number of hydrogen-bond donors (Lipinski definition) is 2. The summed E-state index contributed by atoms with van der Waals surface area (Å²) in [6, 6.07) is 18.2. The van der Waals surface area contributed by atoms with Gasteiger partial charge in [-0.25, -0.2) is 4.98 Å². The molecule has 0 spiro atoms. The van der Waals surface area contributed by atoms with Crippen LogP contribution in [-0.4, -0.2) is 10.1 Å². The zero-order valence-electron chi connectivity index (χ0n) is 14.8. The maximum absolute atomic E-state index is 9.79. The summed E-state index contributed by atoms with van der Waals surface area (Å²) in [5.74, 6) is 0.237. The van der Waals surface area contributed by atoms with Crippen LogP contribution < -0.4 is 5.32 Å². The van der Waals surface area contributed by atoms with E-state index in [1.54, 1.807) is 23.5 Å². The van der Waals surface area contributed by atoms with Crippen molar-refractivity contribution in [2.24, 2.45) is 0 Å². The Kier molecular flexibility index (Phi) is 5.25. The van der Waals surface area contributed by atoms with Gasteiger partial charge in [0, 0.05) is 39.5 Å². The summed E-state index contributed by atoms with van der Waals surface area (Å²) in [6.45, 7) is 2.88. The molecule has 2 heterocycles. The van der Waals surface area contributed by atoms with Crippen molar-refractivity contribution < 1.29 is 5.11 Å². The third-order valence-corrected chi connectivity index (χ3v) is 5.86. The second kappa shape index (κ2) is 7.80. The molecule has 1 unspecified atom stereocenters. The molecule has 0 saturated heterocycles. The summed E-state index contributed by atoms with van der Waals surface area (Å²) in [5, 5.41) is 18.6. The molecular formula is C22H19BrN2OS. The molecule has 2 N–H and O–H groups in total. The monoisotopic (exact) mass is 438 g/mol. The molecule has 1 atom stereocenters. The second-order valence-corrected chi connectivity index (χ2v) is 8.23. The third kappa shape index (κ3) is 4.05. The predicted octanol–water partition coefficient (Wildman–Crippen LogP) is 6.28. The van der Waals surface area contributed by atoms with Gasteiger partial charge in [-0.05, 0) is 59.8 Å². The number of aromatic hydroxyl groups is 1. The lowest BCUT2D eigenvalue weighted by Gasteiger charge is -2.16. The van der Waals surface area contributed by atoms with E-state index >= 15 is 0 Å². The highest BCUT2D eigenvalue weighted by Gasteiger charge is 2.12. The van der Waals surface area contributed by atoms with Crippen LogP contribution in [-0.2, 0) is 6.54 Å². The fraction of sp³-hybridized carbons (Fsp3) is 0.136. The third-order valence-electron chi connectivity index (χ3n) is 4.64. The number of nitrogens with zero attached hydrogens (tertiary/aromatic N) is 1. The van der Waals surface area contributed by atoms with Gasteiger partial charge in [-0.1, -0.05) is 28.1 Å². The van der Waals surface area contributed by atoms with Crippen molar-refractivity contribution in [2.75, 3.05) is 0 Å². The van der Waals surface area contributed by atoms with Gasteiger partial charge in [-0.15, -0.1) is 0 Å². The van der Waals surface area contributed by atoms with Gasteiger partial charge in [-0.3, -0.25) is 0 Å². The molecule has 0 saturated carbocycles. The Bertz CT molecular complexity index is 1060. The van der Waals surface area contributed by atoms with Crippen molar-refractivity contribution in [1.82, 2.24) is 10.3 Å². The van der Waals surface area contributed by atoms with Crippen molar-refractivity contribution in [1.29, 1.82) is 0 Å². The summed E-state index contributed by atoms with van der Waals surface area (Å²) >= 11 is 5.14. The summed E-state index contributed by atoms with van der Waals surface area (Å²) in [7, 11) is 0. The number of pyridine rings is 1. The molecule has 0 aliphatic heterocycles. The van der Waals surface area contributed by atoms with Gasteiger partial charge >= 0.3 is 0 Å². The fourth-order valence-corrected chi connectivity index (χ4v) is 4.02. The van der Waals surface area contributed by atoms with E-state index in [1.807, 2.05) is 6.07 Å². The topological polar surface area (TPSA) is 45.1 Å². The number of rotatable bonds is 5. The molecule has 0 fully saturated rings. The van der Waals surface area contributed by atoms with Crippen molar-refractivity contribution >= 4 is 38.2 Å². The lowest BCUT2D eigenvalue weighted by Crippen LogP contribution is -2.18. The SMILES string of the molecule is CC(NCc1cc2ccc(O)cc2nc1-c1ccsc1)c1ccc(Br)cc1. The zero-order valence-corrected chi connectivity index (χ0v) is 17.2. The first kappa shape index (κ1) is 18.2. The van der Waals surface area contributed by atoms with Crippen LogP contribution >= 0.6 is 27.3 Å². The van der Waals surface area contributed by atoms with E-state index in [2.05, 4.69) is 75.3 Å². The number of hydrogen-bond acceptors (Lipinski definition) is 4. The second-order valence-electron chi connectivity index (χ2n) is 6.54. The Morgan fingerprint density at radius 2 is 1.93 bits per heavy atom. The number of phenols is 1. The van der Waals surface area contributed by atoms with Crippen molar-refractivity contribution in [2.45, 2.75) is 19.5 Å². The molecule has 0 bridgehead atoms. The minimum Gasteiger partial charge on any atom is -0.508 e. The van der Waals surface area contributed by atoms with Crippen molar-refractivity contribution in [3.05, 3.63) is 81.0 Å². The molecule has 0 amide bonds. The van der Waals surface area contributed by atoms with Crippen molar-refractivity contribution in [3.8, 4) is 17.0 Å². The average molecular weight is 439 g/mol. The van der Waals surface area contributed by atoms with Gasteiger partial charge in [0.15, 0.2) is 0 Å². The van der Waals surface area contributed by atoms with E-state index in [1.165, 1.54) is 5.56 Å². The van der Waals surface area contributed by atoms with Gasteiger partial charge in [-0.2, -0.15) is 11.3 Å². The first-order valence-corrected chi connectivity index (χ1v) is 10.5. The maximum atomic E-state index is 9.79. The molecule has 5 heteroatoms. The van der Waals surface area contributed by atoms with Gasteiger partial charge in [0.2, 0.25) is 0 Å². The van der Waals surface area contributed by atoms with E-state index in [0.29, 0.717) is 6.54 Å². The average Bonchev–Trinajstić information content (AvgIpc) is 3.20. The van der Waals surface area contributed by atoms with Crippen LogP contribution in [0.1, 0.15) is 24.1 Å². The summed E-state index contributed by atoms with van der Waals surface area (Å²) in [4.78, 5) is 4.84. The van der Waals surface area contributed by atoms with Crippen LogP contribution in [0, 0.1) is 0 Å². The van der Waals surface area contributed by atoms with Gasteiger partial charge in [0.05, 0.1) is 11.2 Å². The van der Waals surface area contributed by atoms with Gasteiger partial charge < -0.3 is 10.4 Å². The Labute approximate surface area is 170 Å². The largest absolute Gasteiger partial charge is 0.508 e. The van der Waals surface area contributed by atoms with E-state index in [9.17, 15) is 5.11 Å². The van der Waals surface area contributed by atoms with Gasteiger partial charge in [0.25, 0.3) is 0 Å². The summed E-state index contributed by atoms with van der Waals surface area (Å²) in [5.41, 5.74) is 5.27. The maximum Gasteiger partial charge on any atom is 0.117 e. The minimum absolute atomic E-state index is 0.226. The number of benzene rings is 2. The van der Waals surface area contributed by atoms with Crippen LogP contribution in [0.3, 0.4) is 0 Å². The van der Waals surface area contributed by atoms with Crippen molar-refractivity contribution in [3.63, 3.8) is 0 Å². The molecule has 27 heavy (non-hydrogen) atoms. The van der Waals surface area contributed by atoms with E-state index in [4.69, 9.17) is 4.98 Å². The Hall–Kier alpha value is -2.21. The highest BCUT2D eigenvalue weighted by Crippen LogP contribution is 2.29. The number of halogens is 1. The summed E-state index contributed by atoms with van der Waals surface area (Å²) < 4.78 is 1.08. The molecule has 0 radical (unpaired) electrons. The first-order chi connectivity index (χ1) is 13.1. The minimum atomic E-state index is 0.226. The normalized spacial score (nSPS) is 12.4. The lowest BCUT2D eigenvalue weighted by atomic mass is 10.0. The van der Waals surface area contributed by atoms with Crippen LogP contribution in [0.2, 0.25) is 0 Å². The van der Waals surface area contributed by atoms with Crippen LogP contribution in [0.15, 0.2) is 69.8 Å². The highest BCUT2D eigenvalue weighted by atomic mass is 79.9. The standard InChI is InChI=1S/C22H19BrN2OS/c1-14(15-2-5-19(23)6-3-15)24-12-18-10-16-4-7-20(26)11-21(16)25-22(18)17-8-9-27-13-17/h2-11,13-14,24,26H,12H2,1H3. The molecule has 4 rings (SSSR count). The van der Waals surface area contributed by atoms with Crippen LogP contribution in [0.4, 0.5) is 0 Å². The highest BCUT2D eigenvalue weighted by molar-refractivity contribution is 9.10. The molecule has 2 aromatic carbocycles. The molecule has 4 aromatic rings. The van der Waals surface area contributed by atoms with Crippen LogP contribution in [0.25, 0.3) is 22.2 Å². The molecule has 136 valence electrons.